The molecule has 0 bridgehead atoms. The summed E-state index contributed by atoms with van der Waals surface area (Å²) in [7, 11) is -12.1. The lowest BCUT2D eigenvalue weighted by Gasteiger charge is -1.93. The molecule has 0 aromatic carbocycles. The molecule has 8 heteroatoms. The molecule has 0 aromatic heterocycles. The molecule has 0 unspecified atom stereocenters. The number of halogens is 6. The van der Waals surface area contributed by atoms with E-state index < -0.39 is 23.7 Å². The van der Waals surface area contributed by atoms with Gasteiger partial charge in [-0.25, -0.2) is 24.6 Å². The van der Waals surface area contributed by atoms with E-state index in [9.17, 15) is 24.6 Å². The van der Waals surface area contributed by atoms with Gasteiger partial charge in [0.05, 0.1) is 5.57 Å². The van der Waals surface area contributed by atoms with E-state index in [0.717, 1.165) is 11.1 Å². The zero-order chi connectivity index (χ0) is 13.0. The molecule has 0 atom stereocenters. The van der Waals surface area contributed by atoms with Crippen LogP contribution < -0.4 is 0 Å². The first-order valence-corrected chi connectivity index (χ1v) is 7.15. The predicted molar refractivity (Wildman–Crippen MR) is 52.1 cm³/mol. The van der Waals surface area contributed by atoms with Gasteiger partial charge in [-0.15, -0.1) is 0 Å². The molecule has 0 radical (unpaired) electrons. The Kier molecular flexibility index (Phi) is 4.91. The summed E-state index contributed by atoms with van der Waals surface area (Å²) < 4.78 is 71.0. The van der Waals surface area contributed by atoms with Crippen LogP contribution in [0.1, 0.15) is 13.8 Å². The van der Waals surface area contributed by atoms with Crippen LogP contribution in [0.5, 0.6) is 0 Å². The molecule has 0 amide bonds. The van der Waals surface area contributed by atoms with E-state index >= 15 is 0 Å². The van der Waals surface area contributed by atoms with Crippen molar-refractivity contribution in [3.63, 3.8) is 0 Å². The Morgan fingerprint density at radius 1 is 0.750 bits per heavy atom. The molecule has 0 aliphatic rings. The summed E-state index contributed by atoms with van der Waals surface area (Å²) in [6, 6.07) is 0. The van der Waals surface area contributed by atoms with E-state index in [1.807, 2.05) is 0 Å². The van der Waals surface area contributed by atoms with E-state index in [4.69, 9.17) is 0 Å². The van der Waals surface area contributed by atoms with Gasteiger partial charge in [0, 0.05) is 0 Å². The zero-order valence-electron chi connectivity index (χ0n) is 8.27. The molecule has 0 N–H and O–H groups in total. The first-order chi connectivity index (χ1) is 7.01. The van der Waals surface area contributed by atoms with E-state index in [1.54, 1.807) is 11.8 Å². The van der Waals surface area contributed by atoms with Crippen molar-refractivity contribution in [2.24, 2.45) is 0 Å². The lowest BCUT2D eigenvalue weighted by Crippen LogP contribution is -2.12. The maximum absolute atomic E-state index is 11.8. The van der Waals surface area contributed by atoms with E-state index in [2.05, 4.69) is 0 Å². The molecular weight excluding hydrogens is 266 g/mol. The molecule has 0 heterocycles. The van der Waals surface area contributed by atoms with Crippen LogP contribution in [0.2, 0.25) is 0 Å². The Labute approximate surface area is 91.4 Å². The van der Waals surface area contributed by atoms with Crippen LogP contribution in [0.25, 0.3) is 0 Å². The normalized spacial score (nSPS) is 10.8. The lowest BCUT2D eigenvalue weighted by atomic mass is 10.2. The van der Waals surface area contributed by atoms with Crippen molar-refractivity contribution in [1.82, 2.24) is 0 Å². The van der Waals surface area contributed by atoms with E-state index in [1.165, 1.54) is 13.8 Å². The smallest absolute Gasteiger partial charge is 0.228 e. The van der Waals surface area contributed by atoms with Crippen molar-refractivity contribution >= 4 is 18.2 Å². The molecule has 0 saturated carbocycles. The third-order valence-corrected chi connectivity index (χ3v) is 1.98. The van der Waals surface area contributed by atoms with Crippen molar-refractivity contribution in [2.45, 2.75) is 13.8 Å². The molecule has 88 valence electrons. The third-order valence-electron chi connectivity index (χ3n) is 1.16. The van der Waals surface area contributed by atoms with Crippen LogP contribution in [-0.2, 0) is 0 Å². The van der Waals surface area contributed by atoms with Crippen LogP contribution in [0.4, 0.5) is 24.6 Å². The highest BCUT2D eigenvalue weighted by molar-refractivity contribution is 6.68. The minimum Gasteiger partial charge on any atom is -0.228 e. The van der Waals surface area contributed by atoms with Gasteiger partial charge in [0.25, 0.3) is 0 Å². The number of allylic oxidation sites excluding steroid dienone is 2. The van der Waals surface area contributed by atoms with Gasteiger partial charge in [0.1, 0.15) is 0 Å². The third kappa shape index (κ3) is 8.20. The molecule has 0 aromatic rings. The van der Waals surface area contributed by atoms with Crippen LogP contribution in [0.15, 0.2) is 11.1 Å². The highest BCUT2D eigenvalue weighted by Gasteiger charge is 2.35. The van der Waals surface area contributed by atoms with Gasteiger partial charge in [-0.1, -0.05) is 17.4 Å². The maximum atomic E-state index is 11.8. The summed E-state index contributed by atoms with van der Waals surface area (Å²) in [6.45, 7) is 2.71. The molecule has 0 fully saturated rings. The van der Waals surface area contributed by atoms with Gasteiger partial charge in [-0.3, -0.25) is 0 Å². The van der Waals surface area contributed by atoms with Gasteiger partial charge >= 0.3 is 18.2 Å². The number of hydrogen-bond acceptors (Lipinski definition) is 0. The summed E-state index contributed by atoms with van der Waals surface area (Å²) in [5.74, 6) is 3.29. The highest BCUT2D eigenvalue weighted by atomic mass is 28.5. The predicted octanol–water partition coefficient (Wildman–Crippen LogP) is 3.10. The molecule has 16 heavy (non-hydrogen) atoms. The second-order valence-electron chi connectivity index (χ2n) is 2.87. The Balaban J connectivity index is 5.15. The van der Waals surface area contributed by atoms with Gasteiger partial charge < -0.3 is 0 Å². The first-order valence-electron chi connectivity index (χ1n) is 3.88. The van der Waals surface area contributed by atoms with Crippen molar-refractivity contribution in [3.05, 3.63) is 11.1 Å². The minimum absolute atomic E-state index is 0.233. The molecule has 0 aliphatic carbocycles. The van der Waals surface area contributed by atoms with Crippen LogP contribution in [-0.4, -0.2) is 18.2 Å². The topological polar surface area (TPSA) is 0 Å². The van der Waals surface area contributed by atoms with Gasteiger partial charge in [0.15, 0.2) is 0 Å². The monoisotopic (exact) mass is 272 g/mol. The van der Waals surface area contributed by atoms with Crippen LogP contribution in [0, 0.1) is 22.9 Å². The van der Waals surface area contributed by atoms with Crippen molar-refractivity contribution in [1.29, 1.82) is 0 Å². The fraction of sp³-hybridized carbons (Fsp3) is 0.250. The largest absolute Gasteiger partial charge is 0.709 e. The summed E-state index contributed by atoms with van der Waals surface area (Å²) >= 11 is 0. The molecule has 0 saturated heterocycles. The number of hydrogen-bond donors (Lipinski definition) is 0. The second-order valence-corrected chi connectivity index (χ2v) is 5.36. The standard InChI is InChI=1S/C8H6F6Si2/c1-7(2)8(3-5-15(9,10)11)4-6-16(12,13)14/h1-2H3. The highest BCUT2D eigenvalue weighted by Crippen LogP contribution is 2.09. The van der Waals surface area contributed by atoms with Gasteiger partial charge in [-0.05, 0) is 24.9 Å². The fourth-order valence-electron chi connectivity index (χ4n) is 0.548. The summed E-state index contributed by atoms with van der Waals surface area (Å²) in [5, 5.41) is 0. The van der Waals surface area contributed by atoms with Gasteiger partial charge in [-0.2, -0.15) is 0 Å². The molecule has 0 nitrogen and oxygen atoms in total. The van der Waals surface area contributed by atoms with Crippen molar-refractivity contribution in [3.8, 4) is 22.9 Å². The summed E-state index contributed by atoms with van der Waals surface area (Å²) in [4.78, 5) is 0. The maximum Gasteiger partial charge on any atom is 0.709 e. The lowest BCUT2D eigenvalue weighted by molar-refractivity contribution is 0.502. The first kappa shape index (κ1) is 14.9. The Bertz CT molecular complexity index is 368. The zero-order valence-corrected chi connectivity index (χ0v) is 10.3. The Morgan fingerprint density at radius 3 is 1.25 bits per heavy atom. The number of rotatable bonds is 0. The average Bonchev–Trinajstić information content (AvgIpc) is 1.98. The molecule has 0 rings (SSSR count). The molecule has 0 aliphatic heterocycles. The molecular formula is C8H6F6Si2. The van der Waals surface area contributed by atoms with Crippen LogP contribution >= 0.6 is 0 Å². The quantitative estimate of drug-likeness (QED) is 0.275. The molecule has 0 spiro atoms. The van der Waals surface area contributed by atoms with E-state index in [-0.39, 0.29) is 5.57 Å². The summed E-state index contributed by atoms with van der Waals surface area (Å²) in [6.07, 6.45) is 0. The Hall–Kier alpha value is -1.13. The van der Waals surface area contributed by atoms with Crippen LogP contribution in [0.3, 0.4) is 0 Å². The minimum atomic E-state index is -6.07. The average molecular weight is 272 g/mol. The summed E-state index contributed by atoms with van der Waals surface area (Å²) in [5.41, 5.74) is 1.86. The van der Waals surface area contributed by atoms with Crippen molar-refractivity contribution < 1.29 is 24.6 Å². The fourth-order valence-corrected chi connectivity index (χ4v) is 1.08. The van der Waals surface area contributed by atoms with E-state index in [0.29, 0.717) is 0 Å². The van der Waals surface area contributed by atoms with Gasteiger partial charge in [0.2, 0.25) is 0 Å². The second kappa shape index (κ2) is 5.28. The SMILES string of the molecule is CC(C)=C(C#C[Si](F)(F)F)C#C[Si](F)(F)F. The van der Waals surface area contributed by atoms with Crippen molar-refractivity contribution in [2.75, 3.05) is 0 Å². The Morgan fingerprint density at radius 2 is 1.06 bits per heavy atom.